The van der Waals surface area contributed by atoms with E-state index in [9.17, 15) is 41.8 Å². The molecule has 15 heteroatoms. The minimum Gasteiger partial charge on any atom is -0.488 e. The summed E-state index contributed by atoms with van der Waals surface area (Å²) in [7, 11) is 0. The van der Waals surface area contributed by atoms with Gasteiger partial charge in [0.1, 0.15) is 53.8 Å². The number of carboxylic acids is 1. The van der Waals surface area contributed by atoms with Gasteiger partial charge in [-0.1, -0.05) is 31.9 Å². The number of hydrogen-bond acceptors (Lipinski definition) is 6. The van der Waals surface area contributed by atoms with E-state index in [1.807, 2.05) is 29.7 Å². The summed E-state index contributed by atoms with van der Waals surface area (Å²) in [5.74, 6) is -3.87. The molecule has 0 saturated heterocycles. The van der Waals surface area contributed by atoms with E-state index >= 15 is 0 Å². The Morgan fingerprint density at radius 3 is 1.82 bits per heavy atom. The van der Waals surface area contributed by atoms with Crippen LogP contribution in [0.25, 0.3) is 16.9 Å². The average molecular weight is 953 g/mol. The van der Waals surface area contributed by atoms with Gasteiger partial charge in [0.15, 0.2) is 5.78 Å². The van der Waals surface area contributed by atoms with Crippen LogP contribution in [-0.2, 0) is 22.8 Å². The molecule has 6 rings (SSSR count). The van der Waals surface area contributed by atoms with Crippen LogP contribution < -0.4 is 14.8 Å². The van der Waals surface area contributed by atoms with Crippen LogP contribution >= 0.6 is 31.9 Å². The molecule has 1 aromatic heterocycles. The molecule has 0 aliphatic rings. The Bertz CT molecular complexity index is 2600. The van der Waals surface area contributed by atoms with Crippen molar-refractivity contribution >= 4 is 61.0 Å². The Labute approximate surface area is 359 Å². The zero-order valence-electron chi connectivity index (χ0n) is 32.3. The first-order chi connectivity index (χ1) is 28.5. The Morgan fingerprint density at radius 1 is 0.667 bits per heavy atom. The Kier molecular flexibility index (Phi) is 15.2. The molecule has 0 fully saturated rings. The lowest BCUT2D eigenvalue weighted by atomic mass is 10.0. The van der Waals surface area contributed by atoms with Gasteiger partial charge in [-0.05, 0) is 105 Å². The van der Waals surface area contributed by atoms with E-state index in [1.165, 1.54) is 38.1 Å². The maximum absolute atomic E-state index is 14.1. The van der Waals surface area contributed by atoms with Crippen LogP contribution in [0.5, 0.6) is 11.5 Å². The van der Waals surface area contributed by atoms with E-state index in [2.05, 4.69) is 37.2 Å². The Hall–Kier alpha value is -6.06. The largest absolute Gasteiger partial charge is 0.488 e. The minimum atomic E-state index is -1.18. The fraction of sp³-hybridized carbons (Fsp3) is 0.156. The summed E-state index contributed by atoms with van der Waals surface area (Å²) in [6.07, 6.45) is 0.227. The summed E-state index contributed by atoms with van der Waals surface area (Å²) in [5.41, 5.74) is 3.59. The van der Waals surface area contributed by atoms with Crippen LogP contribution in [0.4, 0.5) is 23.2 Å². The fourth-order valence-corrected chi connectivity index (χ4v) is 6.65. The van der Waals surface area contributed by atoms with Crippen molar-refractivity contribution in [1.29, 1.82) is 0 Å². The number of rotatable bonds is 14. The molecule has 0 spiro atoms. The van der Waals surface area contributed by atoms with Crippen molar-refractivity contribution in [3.8, 4) is 28.4 Å². The van der Waals surface area contributed by atoms with Gasteiger partial charge >= 0.3 is 5.97 Å². The number of carboxylic acid groups (broad SMARTS) is 1. The Balaban J connectivity index is 0.000000247. The van der Waals surface area contributed by atoms with Gasteiger partial charge in [0.05, 0.1) is 22.5 Å². The highest BCUT2D eigenvalue weighted by Gasteiger charge is 2.19. The van der Waals surface area contributed by atoms with E-state index in [4.69, 9.17) is 9.47 Å². The summed E-state index contributed by atoms with van der Waals surface area (Å²) >= 11 is 6.76. The summed E-state index contributed by atoms with van der Waals surface area (Å²) in [6, 6.07) is 25.2. The van der Waals surface area contributed by atoms with Crippen molar-refractivity contribution in [3.05, 3.63) is 163 Å². The van der Waals surface area contributed by atoms with Crippen molar-refractivity contribution in [3.63, 3.8) is 0 Å². The number of aryl methyl sites for hydroxylation is 1. The predicted octanol–water partition coefficient (Wildman–Crippen LogP) is 11.6. The van der Waals surface area contributed by atoms with Gasteiger partial charge in [-0.2, -0.15) is 0 Å². The highest BCUT2D eigenvalue weighted by atomic mass is 79.9. The molecule has 6 aromatic rings. The topological polar surface area (TPSA) is 124 Å². The molecule has 0 atom stereocenters. The SMILES string of the molecule is CC(=O)CCC(=O)c1cc(Br)ccc1OCc1ccc(F)cc1F.CC(=O)Nc1ccc(-n2c(C)ccc2-c2cc(Br)ccc2OCc2ccc(F)cc2F)cc1C(=O)O. The van der Waals surface area contributed by atoms with Gasteiger partial charge in [0.25, 0.3) is 0 Å². The number of Topliss-reactive ketones (excluding diaryl/α,β-unsaturated/α-hetero) is 2. The number of anilines is 1. The molecule has 0 bridgehead atoms. The maximum atomic E-state index is 14.1. The number of ether oxygens (including phenoxy) is 2. The average Bonchev–Trinajstić information content (AvgIpc) is 3.57. The second-order valence-electron chi connectivity index (χ2n) is 13.4. The summed E-state index contributed by atoms with van der Waals surface area (Å²) in [5, 5.41) is 12.2. The molecular formula is C45H36Br2F4N2O7. The van der Waals surface area contributed by atoms with Crippen molar-refractivity contribution in [2.24, 2.45) is 0 Å². The minimum absolute atomic E-state index is 0.0562. The predicted molar refractivity (Wildman–Crippen MR) is 225 cm³/mol. The number of aromatic carboxylic acids is 1. The molecular weight excluding hydrogens is 916 g/mol. The first-order valence-electron chi connectivity index (χ1n) is 18.1. The number of aromatic nitrogens is 1. The van der Waals surface area contributed by atoms with Crippen LogP contribution in [0.1, 0.15) is 64.2 Å². The zero-order chi connectivity index (χ0) is 43.7. The molecule has 5 aromatic carbocycles. The molecule has 2 N–H and O–H groups in total. The molecule has 0 radical (unpaired) electrons. The van der Waals surface area contributed by atoms with E-state index in [1.54, 1.807) is 42.5 Å². The number of benzene rings is 5. The Morgan fingerprint density at radius 2 is 1.25 bits per heavy atom. The van der Waals surface area contributed by atoms with Gasteiger partial charge in [0, 0.05) is 68.9 Å². The molecule has 1 amide bonds. The lowest BCUT2D eigenvalue weighted by molar-refractivity contribution is -0.117. The standard InChI is InChI=1S/C27H21BrF2N2O4.C18H15BrF2O3/c1-15-3-9-25(32(15)20-7-8-24(31-16(2)33)21(13-20)27(34)35)22-11-18(28)5-10-26(22)36-14-17-4-6-19(29)12-23(17)30;1-11(22)2-6-17(23)15-8-13(19)4-7-18(15)24-10-12-3-5-14(20)9-16(12)21/h3-13H,14H2,1-2H3,(H,31,33)(H,34,35);3-5,7-9H,2,6,10H2,1H3. The van der Waals surface area contributed by atoms with Crippen molar-refractivity contribution < 1.29 is 51.3 Å². The van der Waals surface area contributed by atoms with E-state index < -0.39 is 29.2 Å². The summed E-state index contributed by atoms with van der Waals surface area (Å²) < 4.78 is 68.8. The lowest BCUT2D eigenvalue weighted by Crippen LogP contribution is -2.12. The first-order valence-corrected chi connectivity index (χ1v) is 19.7. The summed E-state index contributed by atoms with van der Waals surface area (Å²) in [4.78, 5) is 46.7. The smallest absolute Gasteiger partial charge is 0.337 e. The van der Waals surface area contributed by atoms with Crippen LogP contribution in [-0.4, -0.2) is 33.1 Å². The van der Waals surface area contributed by atoms with Crippen molar-refractivity contribution in [1.82, 2.24) is 4.57 Å². The number of ketones is 2. The zero-order valence-corrected chi connectivity index (χ0v) is 35.4. The van der Waals surface area contributed by atoms with Crippen LogP contribution in [0.2, 0.25) is 0 Å². The van der Waals surface area contributed by atoms with E-state index in [-0.39, 0.29) is 71.7 Å². The van der Waals surface area contributed by atoms with Crippen LogP contribution in [0, 0.1) is 30.2 Å². The third-order valence-electron chi connectivity index (χ3n) is 8.84. The molecule has 9 nitrogen and oxygen atoms in total. The van der Waals surface area contributed by atoms with Gasteiger partial charge < -0.3 is 29.3 Å². The van der Waals surface area contributed by atoms with Crippen molar-refractivity contribution in [2.75, 3.05) is 5.32 Å². The second-order valence-corrected chi connectivity index (χ2v) is 15.2. The molecule has 0 saturated carbocycles. The summed E-state index contributed by atoms with van der Waals surface area (Å²) in [6.45, 7) is 4.34. The van der Waals surface area contributed by atoms with E-state index in [0.29, 0.717) is 32.7 Å². The number of carbonyl (C=O) groups is 4. The quantitative estimate of drug-likeness (QED) is 0.0823. The van der Waals surface area contributed by atoms with E-state index in [0.717, 1.165) is 28.4 Å². The first kappa shape index (κ1) is 45.0. The molecule has 0 aliphatic carbocycles. The van der Waals surface area contributed by atoms with Gasteiger partial charge in [-0.25, -0.2) is 22.4 Å². The molecule has 1 heterocycles. The molecule has 60 heavy (non-hydrogen) atoms. The molecule has 310 valence electrons. The molecule has 0 unspecified atom stereocenters. The van der Waals surface area contributed by atoms with Gasteiger partial charge in [-0.3, -0.25) is 9.59 Å². The maximum Gasteiger partial charge on any atom is 0.337 e. The van der Waals surface area contributed by atoms with Gasteiger partial charge in [0.2, 0.25) is 5.91 Å². The number of nitrogens with zero attached hydrogens (tertiary/aromatic N) is 1. The van der Waals surface area contributed by atoms with Crippen LogP contribution in [0.3, 0.4) is 0 Å². The normalized spacial score (nSPS) is 10.7. The lowest BCUT2D eigenvalue weighted by Gasteiger charge is -2.17. The number of carbonyl (C=O) groups excluding carboxylic acids is 3. The highest BCUT2D eigenvalue weighted by molar-refractivity contribution is 9.10. The number of nitrogens with one attached hydrogen (secondary N) is 1. The third kappa shape index (κ3) is 11.8. The highest BCUT2D eigenvalue weighted by Crippen LogP contribution is 2.37. The van der Waals surface area contributed by atoms with Gasteiger partial charge in [-0.15, -0.1) is 0 Å². The number of amides is 1. The third-order valence-corrected chi connectivity index (χ3v) is 9.83. The fourth-order valence-electron chi connectivity index (χ4n) is 5.93. The monoisotopic (exact) mass is 950 g/mol. The van der Waals surface area contributed by atoms with Crippen LogP contribution in [0.15, 0.2) is 112 Å². The number of halogens is 6. The number of hydrogen-bond donors (Lipinski definition) is 2. The van der Waals surface area contributed by atoms with Crippen molar-refractivity contribution in [2.45, 2.75) is 46.8 Å². The molecule has 0 aliphatic heterocycles. The second kappa shape index (κ2) is 20.3.